The molecule has 0 unspecified atom stereocenters. The number of benzene rings is 11. The van der Waals surface area contributed by atoms with Crippen LogP contribution in [0.15, 0.2) is 237 Å². The van der Waals surface area contributed by atoms with Crippen molar-refractivity contribution < 1.29 is 0 Å². The molecular formula is C58H39N. The van der Waals surface area contributed by atoms with E-state index in [9.17, 15) is 0 Å². The van der Waals surface area contributed by atoms with E-state index in [4.69, 9.17) is 0 Å². The maximum absolute atomic E-state index is 2.42. The summed E-state index contributed by atoms with van der Waals surface area (Å²) in [7, 11) is 0. The first-order chi connectivity index (χ1) is 29.3. The normalized spacial score (nSPS) is 11.4. The van der Waals surface area contributed by atoms with Crippen LogP contribution in [0.1, 0.15) is 0 Å². The lowest BCUT2D eigenvalue weighted by Crippen LogP contribution is -2.11. The summed E-state index contributed by atoms with van der Waals surface area (Å²) in [5.41, 5.74) is 12.8. The number of nitrogens with zero attached hydrogens (tertiary/aromatic N) is 1. The molecule has 11 aromatic rings. The molecule has 276 valence electrons. The average Bonchev–Trinajstić information content (AvgIpc) is 3.32. The molecule has 0 fully saturated rings. The number of rotatable bonds is 7. The van der Waals surface area contributed by atoms with E-state index in [2.05, 4.69) is 241 Å². The lowest BCUT2D eigenvalue weighted by molar-refractivity contribution is 1.28. The minimum Gasteiger partial charge on any atom is -0.310 e. The van der Waals surface area contributed by atoms with E-state index in [1.54, 1.807) is 0 Å². The van der Waals surface area contributed by atoms with Crippen molar-refractivity contribution in [2.75, 3.05) is 4.90 Å². The van der Waals surface area contributed by atoms with E-state index in [-0.39, 0.29) is 0 Å². The molecule has 0 spiro atoms. The molecule has 59 heavy (non-hydrogen) atoms. The van der Waals surface area contributed by atoms with Gasteiger partial charge < -0.3 is 4.90 Å². The first-order valence-electron chi connectivity index (χ1n) is 20.3. The molecule has 1 nitrogen and oxygen atoms in total. The quantitative estimate of drug-likeness (QED) is 0.147. The number of hydrogen-bond acceptors (Lipinski definition) is 1. The fourth-order valence-corrected chi connectivity index (χ4v) is 8.99. The molecule has 0 aromatic heterocycles. The Hall–Kier alpha value is -7.74. The van der Waals surface area contributed by atoms with Crippen LogP contribution < -0.4 is 4.90 Å². The highest BCUT2D eigenvalue weighted by atomic mass is 15.1. The van der Waals surface area contributed by atoms with Crippen molar-refractivity contribution in [3.8, 4) is 44.5 Å². The molecule has 0 aliphatic heterocycles. The third-order valence-electron chi connectivity index (χ3n) is 11.8. The Morgan fingerprint density at radius 3 is 1.39 bits per heavy atom. The van der Waals surface area contributed by atoms with Crippen molar-refractivity contribution in [1.29, 1.82) is 0 Å². The highest BCUT2D eigenvalue weighted by molar-refractivity contribution is 6.14. The van der Waals surface area contributed by atoms with Crippen LogP contribution in [0.25, 0.3) is 87.6 Å². The molecule has 0 amide bonds. The van der Waals surface area contributed by atoms with Gasteiger partial charge >= 0.3 is 0 Å². The number of para-hydroxylation sites is 1. The second-order valence-electron chi connectivity index (χ2n) is 15.3. The van der Waals surface area contributed by atoms with E-state index in [0.717, 1.165) is 28.2 Å². The van der Waals surface area contributed by atoms with E-state index < -0.39 is 0 Å². The molecule has 11 rings (SSSR count). The highest BCUT2D eigenvalue weighted by Gasteiger charge is 2.22. The van der Waals surface area contributed by atoms with Gasteiger partial charge in [0.05, 0.1) is 5.69 Å². The molecule has 0 heterocycles. The third-order valence-corrected chi connectivity index (χ3v) is 11.8. The predicted octanol–water partition coefficient (Wildman–Crippen LogP) is 16.4. The van der Waals surface area contributed by atoms with Crippen LogP contribution in [-0.2, 0) is 0 Å². The lowest BCUT2D eigenvalue weighted by atomic mass is 9.88. The van der Waals surface area contributed by atoms with E-state index >= 15 is 0 Å². The maximum Gasteiger partial charge on any atom is 0.0546 e. The summed E-state index contributed by atoms with van der Waals surface area (Å²) in [4.78, 5) is 2.42. The van der Waals surface area contributed by atoms with Gasteiger partial charge in [0.2, 0.25) is 0 Å². The van der Waals surface area contributed by atoms with Gasteiger partial charge in [0.25, 0.3) is 0 Å². The van der Waals surface area contributed by atoms with Crippen LogP contribution in [0.3, 0.4) is 0 Å². The van der Waals surface area contributed by atoms with Crippen molar-refractivity contribution in [3.63, 3.8) is 0 Å². The highest BCUT2D eigenvalue weighted by Crippen LogP contribution is 2.47. The predicted molar refractivity (Wildman–Crippen MR) is 253 cm³/mol. The Kier molecular flexibility index (Phi) is 8.56. The van der Waals surface area contributed by atoms with Gasteiger partial charge in [-0.25, -0.2) is 0 Å². The first-order valence-corrected chi connectivity index (χ1v) is 20.3. The summed E-state index contributed by atoms with van der Waals surface area (Å²) in [5.74, 6) is 0. The van der Waals surface area contributed by atoms with Gasteiger partial charge in [0.15, 0.2) is 0 Å². The van der Waals surface area contributed by atoms with E-state index in [0.29, 0.717) is 0 Å². The molecule has 0 radical (unpaired) electrons. The number of anilines is 3. The van der Waals surface area contributed by atoms with Crippen LogP contribution in [0, 0.1) is 0 Å². The summed E-state index contributed by atoms with van der Waals surface area (Å²) in [6.45, 7) is 0. The van der Waals surface area contributed by atoms with Crippen LogP contribution in [0.5, 0.6) is 0 Å². The first kappa shape index (κ1) is 34.5. The van der Waals surface area contributed by atoms with Gasteiger partial charge in [0.1, 0.15) is 0 Å². The summed E-state index contributed by atoms with van der Waals surface area (Å²) in [6.07, 6.45) is 0. The largest absolute Gasteiger partial charge is 0.310 e. The standard InChI is InChI=1S/C58H39N/c1-4-16-40(17-5-1)56-39-58(57(41-18-6-2-7-19-41)38-55(56)46-32-35-51-45(36-46)29-28-42-20-10-12-24-49(42)51)59(47-22-8-3-9-23-47)48-33-30-43(31-34-48)54-37-44-21-11-13-25-50(44)52-26-14-15-27-53(52)54/h1-39H. The van der Waals surface area contributed by atoms with E-state index in [1.807, 2.05) is 0 Å². The molecule has 11 aromatic carbocycles. The molecular weight excluding hydrogens is 711 g/mol. The molecule has 0 atom stereocenters. The number of hydrogen-bond donors (Lipinski definition) is 0. The van der Waals surface area contributed by atoms with Gasteiger partial charge in [-0.15, -0.1) is 0 Å². The van der Waals surface area contributed by atoms with E-state index in [1.165, 1.54) is 76.5 Å². The van der Waals surface area contributed by atoms with Gasteiger partial charge in [-0.1, -0.05) is 188 Å². The molecule has 0 N–H and O–H groups in total. The topological polar surface area (TPSA) is 3.24 Å². The van der Waals surface area contributed by atoms with Gasteiger partial charge in [-0.3, -0.25) is 0 Å². The Balaban J connectivity index is 1.13. The third kappa shape index (κ3) is 6.21. The van der Waals surface area contributed by atoms with Crippen molar-refractivity contribution in [3.05, 3.63) is 237 Å². The monoisotopic (exact) mass is 749 g/mol. The zero-order valence-corrected chi connectivity index (χ0v) is 32.5. The zero-order chi connectivity index (χ0) is 39.1. The molecule has 0 bridgehead atoms. The Morgan fingerprint density at radius 2 is 0.678 bits per heavy atom. The number of fused-ring (bicyclic) bond motifs is 6. The van der Waals surface area contributed by atoms with Gasteiger partial charge in [0, 0.05) is 16.9 Å². The zero-order valence-electron chi connectivity index (χ0n) is 32.5. The van der Waals surface area contributed by atoms with Crippen molar-refractivity contribution >= 4 is 60.2 Å². The summed E-state index contributed by atoms with van der Waals surface area (Å²) < 4.78 is 0. The Morgan fingerprint density at radius 1 is 0.220 bits per heavy atom. The molecule has 0 aliphatic rings. The molecule has 1 heteroatoms. The van der Waals surface area contributed by atoms with Crippen LogP contribution in [0.2, 0.25) is 0 Å². The Labute approximate surface area is 344 Å². The van der Waals surface area contributed by atoms with Crippen LogP contribution >= 0.6 is 0 Å². The van der Waals surface area contributed by atoms with Crippen molar-refractivity contribution in [2.45, 2.75) is 0 Å². The second kappa shape index (κ2) is 14.6. The van der Waals surface area contributed by atoms with Gasteiger partial charge in [-0.2, -0.15) is 0 Å². The van der Waals surface area contributed by atoms with Crippen LogP contribution in [-0.4, -0.2) is 0 Å². The SMILES string of the molecule is c1ccc(-c2cc(N(c3ccccc3)c3ccc(-c4cc5ccccc5c5ccccc45)cc3)c(-c3ccccc3)cc2-c2ccc3c(ccc4ccccc43)c2)cc1. The van der Waals surface area contributed by atoms with Gasteiger partial charge in [-0.05, 0) is 131 Å². The fourth-order valence-electron chi connectivity index (χ4n) is 8.99. The van der Waals surface area contributed by atoms with Crippen molar-refractivity contribution in [2.24, 2.45) is 0 Å². The molecule has 0 aliphatic carbocycles. The van der Waals surface area contributed by atoms with Crippen molar-refractivity contribution in [1.82, 2.24) is 0 Å². The maximum atomic E-state index is 2.42. The summed E-state index contributed by atoms with van der Waals surface area (Å²) in [6, 6.07) is 86.4. The summed E-state index contributed by atoms with van der Waals surface area (Å²) >= 11 is 0. The fraction of sp³-hybridized carbons (Fsp3) is 0. The smallest absolute Gasteiger partial charge is 0.0546 e. The minimum atomic E-state index is 1.09. The molecule has 0 saturated heterocycles. The lowest BCUT2D eigenvalue weighted by Gasteiger charge is -2.30. The van der Waals surface area contributed by atoms with Crippen LogP contribution in [0.4, 0.5) is 17.1 Å². The summed E-state index contributed by atoms with van der Waals surface area (Å²) in [5, 5.41) is 10.1. The molecule has 0 saturated carbocycles. The minimum absolute atomic E-state index is 1.09. The second-order valence-corrected chi connectivity index (χ2v) is 15.3. The average molecular weight is 750 g/mol. The Bertz CT molecular complexity index is 3300.